The molecule has 3 aromatic rings. The van der Waals surface area contributed by atoms with E-state index in [0.717, 1.165) is 12.1 Å². The first-order chi connectivity index (χ1) is 12.1. The Morgan fingerprint density at radius 3 is 2.15 bits per heavy atom. The van der Waals surface area contributed by atoms with Crippen LogP contribution in [0, 0.1) is 0 Å². The first kappa shape index (κ1) is 17.8. The van der Waals surface area contributed by atoms with Crippen LogP contribution in [0.3, 0.4) is 0 Å². The molecule has 0 bridgehead atoms. The molecule has 0 amide bonds. The second-order valence-corrected chi connectivity index (χ2v) is 5.28. The molecule has 0 aliphatic rings. The first-order valence-corrected chi connectivity index (χ1v) is 7.12. The Hall–Kier alpha value is -2.97. The van der Waals surface area contributed by atoms with Gasteiger partial charge in [-0.2, -0.15) is 26.3 Å². The number of aromatic nitrogens is 2. The van der Waals surface area contributed by atoms with Gasteiger partial charge in [-0.15, -0.1) is 0 Å². The summed E-state index contributed by atoms with van der Waals surface area (Å²) in [5.41, 5.74) is -5.30. The van der Waals surface area contributed by atoms with Crippen LogP contribution in [-0.4, -0.2) is 16.3 Å². The van der Waals surface area contributed by atoms with Crippen molar-refractivity contribution >= 4 is 17.2 Å². The molecule has 0 N–H and O–H groups in total. The Kier molecular flexibility index (Phi) is 4.17. The second kappa shape index (κ2) is 6.08. The van der Waals surface area contributed by atoms with Crippen molar-refractivity contribution in [3.05, 3.63) is 59.4 Å². The number of hydrogen-bond acceptors (Lipinski definition) is 3. The number of fused-ring (bicyclic) bond motifs is 1. The molecule has 0 aliphatic heterocycles. The lowest BCUT2D eigenvalue weighted by molar-refractivity contribution is -0.141. The van der Waals surface area contributed by atoms with E-state index in [1.165, 1.54) is 24.4 Å². The summed E-state index contributed by atoms with van der Waals surface area (Å²) in [5.74, 6) is 0. The Labute approximate surface area is 142 Å². The Morgan fingerprint density at radius 2 is 1.62 bits per heavy atom. The van der Waals surface area contributed by atoms with E-state index in [1.54, 1.807) is 0 Å². The van der Waals surface area contributed by atoms with Gasteiger partial charge in [0.1, 0.15) is 0 Å². The third kappa shape index (κ3) is 3.00. The van der Waals surface area contributed by atoms with Gasteiger partial charge in [0.15, 0.2) is 12.0 Å². The van der Waals surface area contributed by atoms with E-state index in [-0.39, 0.29) is 17.4 Å². The summed E-state index contributed by atoms with van der Waals surface area (Å²) in [4.78, 5) is 18.6. The van der Waals surface area contributed by atoms with Crippen LogP contribution in [0.1, 0.15) is 21.6 Å². The normalized spacial score (nSPS) is 12.4. The molecule has 0 radical (unpaired) electrons. The predicted octanol–water partition coefficient (Wildman–Crippen LogP) is 5.15. The molecule has 0 unspecified atom stereocenters. The number of hydrogen-bond donors (Lipinski definition) is 0. The highest BCUT2D eigenvalue weighted by Gasteiger charge is 2.40. The lowest BCUT2D eigenvalue weighted by Gasteiger charge is -2.18. The Bertz CT molecular complexity index is 980. The van der Waals surface area contributed by atoms with Gasteiger partial charge in [0.25, 0.3) is 0 Å². The minimum absolute atomic E-state index is 0.0867. The molecule has 26 heavy (non-hydrogen) atoms. The minimum atomic E-state index is -5.09. The van der Waals surface area contributed by atoms with Crippen LogP contribution in [0.15, 0.2) is 42.6 Å². The smallest absolute Gasteiger partial charge is 0.298 e. The van der Waals surface area contributed by atoms with E-state index >= 15 is 0 Å². The van der Waals surface area contributed by atoms with Crippen molar-refractivity contribution < 1.29 is 31.1 Å². The maximum absolute atomic E-state index is 13.5. The van der Waals surface area contributed by atoms with E-state index < -0.39 is 40.3 Å². The van der Waals surface area contributed by atoms with Crippen LogP contribution >= 0.6 is 0 Å². The molecule has 0 spiro atoms. The van der Waals surface area contributed by atoms with Gasteiger partial charge in [-0.3, -0.25) is 9.78 Å². The number of benzene rings is 1. The Balaban J connectivity index is 2.53. The Morgan fingerprint density at radius 1 is 0.885 bits per heavy atom. The van der Waals surface area contributed by atoms with Crippen LogP contribution in [0.2, 0.25) is 0 Å². The molecule has 3 nitrogen and oxygen atoms in total. The lowest BCUT2D eigenvalue weighted by Crippen LogP contribution is -2.15. The highest BCUT2D eigenvalue weighted by Crippen LogP contribution is 2.42. The van der Waals surface area contributed by atoms with Gasteiger partial charge in [0, 0.05) is 22.7 Å². The van der Waals surface area contributed by atoms with E-state index in [2.05, 4.69) is 9.97 Å². The molecule has 2 aromatic heterocycles. The average molecular weight is 370 g/mol. The zero-order valence-electron chi connectivity index (χ0n) is 12.7. The third-order valence-corrected chi connectivity index (χ3v) is 3.67. The summed E-state index contributed by atoms with van der Waals surface area (Å²) in [7, 11) is 0. The number of carbonyl (C=O) groups is 1. The van der Waals surface area contributed by atoms with Crippen molar-refractivity contribution in [1.82, 2.24) is 9.97 Å². The molecule has 0 saturated carbocycles. The van der Waals surface area contributed by atoms with Crippen molar-refractivity contribution in [2.45, 2.75) is 12.4 Å². The van der Waals surface area contributed by atoms with Crippen LogP contribution in [0.25, 0.3) is 22.2 Å². The lowest BCUT2D eigenvalue weighted by atomic mass is 9.96. The van der Waals surface area contributed by atoms with Crippen molar-refractivity contribution in [1.29, 1.82) is 0 Å². The van der Waals surface area contributed by atoms with E-state index in [4.69, 9.17) is 0 Å². The van der Waals surface area contributed by atoms with Crippen molar-refractivity contribution in [3.8, 4) is 11.3 Å². The standard InChI is InChI=1S/C17H8F6N2O/c18-16(19,20)11-5-3-4-9-10(8-26)13(12-6-1-2-7-24-12)15(17(21,22)23)25-14(9)11/h1-8H. The zero-order valence-corrected chi connectivity index (χ0v) is 12.7. The summed E-state index contributed by atoms with van der Waals surface area (Å²) < 4.78 is 80.1. The highest BCUT2D eigenvalue weighted by atomic mass is 19.4. The maximum Gasteiger partial charge on any atom is 0.434 e. The number of nitrogens with zero attached hydrogens (tertiary/aromatic N) is 2. The monoisotopic (exact) mass is 370 g/mol. The first-order valence-electron chi connectivity index (χ1n) is 7.12. The van der Waals surface area contributed by atoms with Gasteiger partial charge in [0.05, 0.1) is 16.8 Å². The highest BCUT2D eigenvalue weighted by molar-refractivity contribution is 6.04. The molecular formula is C17H8F6N2O. The van der Waals surface area contributed by atoms with Crippen LogP contribution < -0.4 is 0 Å². The van der Waals surface area contributed by atoms with Gasteiger partial charge in [0.2, 0.25) is 0 Å². The second-order valence-electron chi connectivity index (χ2n) is 5.28. The largest absolute Gasteiger partial charge is 0.434 e. The molecule has 0 aliphatic carbocycles. The topological polar surface area (TPSA) is 42.9 Å². The summed E-state index contributed by atoms with van der Waals surface area (Å²) in [6.07, 6.45) is -8.72. The van der Waals surface area contributed by atoms with Crippen molar-refractivity contribution in [2.24, 2.45) is 0 Å². The van der Waals surface area contributed by atoms with Gasteiger partial charge in [-0.1, -0.05) is 18.2 Å². The SMILES string of the molecule is O=Cc1c(-c2ccccn2)c(C(F)(F)F)nc2c(C(F)(F)F)cccc12. The fraction of sp³-hybridized carbons (Fsp3) is 0.118. The molecule has 1 aromatic carbocycles. The summed E-state index contributed by atoms with van der Waals surface area (Å²) >= 11 is 0. The molecule has 0 atom stereocenters. The molecule has 2 heterocycles. The zero-order chi connectivity index (χ0) is 19.1. The maximum atomic E-state index is 13.5. The fourth-order valence-electron chi connectivity index (χ4n) is 2.64. The molecule has 0 fully saturated rings. The number of carbonyl (C=O) groups excluding carboxylic acids is 1. The van der Waals surface area contributed by atoms with E-state index in [9.17, 15) is 31.1 Å². The quantitative estimate of drug-likeness (QED) is 0.463. The average Bonchev–Trinajstić information content (AvgIpc) is 2.58. The minimum Gasteiger partial charge on any atom is -0.298 e. The number of halogens is 6. The fourth-order valence-corrected chi connectivity index (χ4v) is 2.64. The summed E-state index contributed by atoms with van der Waals surface area (Å²) in [5, 5.41) is -0.330. The van der Waals surface area contributed by atoms with Crippen molar-refractivity contribution in [3.63, 3.8) is 0 Å². The van der Waals surface area contributed by atoms with Crippen LogP contribution in [-0.2, 0) is 12.4 Å². The predicted molar refractivity (Wildman–Crippen MR) is 80.4 cm³/mol. The summed E-state index contributed by atoms with van der Waals surface area (Å²) in [6.45, 7) is 0. The molecular weight excluding hydrogens is 362 g/mol. The summed E-state index contributed by atoms with van der Waals surface area (Å²) in [6, 6.07) is 6.81. The van der Waals surface area contributed by atoms with Crippen molar-refractivity contribution in [2.75, 3.05) is 0 Å². The number of para-hydroxylation sites is 1. The van der Waals surface area contributed by atoms with E-state index in [1.807, 2.05) is 0 Å². The molecule has 9 heteroatoms. The van der Waals surface area contributed by atoms with Gasteiger partial charge in [-0.05, 0) is 18.2 Å². The number of aldehydes is 1. The van der Waals surface area contributed by atoms with Crippen LogP contribution in [0.5, 0.6) is 0 Å². The third-order valence-electron chi connectivity index (χ3n) is 3.67. The van der Waals surface area contributed by atoms with Gasteiger partial charge >= 0.3 is 12.4 Å². The van der Waals surface area contributed by atoms with Gasteiger partial charge in [-0.25, -0.2) is 4.98 Å². The number of rotatable bonds is 2. The molecule has 0 saturated heterocycles. The van der Waals surface area contributed by atoms with Gasteiger partial charge < -0.3 is 0 Å². The molecule has 3 rings (SSSR count). The number of pyridine rings is 2. The van der Waals surface area contributed by atoms with E-state index in [0.29, 0.717) is 6.07 Å². The van der Waals surface area contributed by atoms with Crippen LogP contribution in [0.4, 0.5) is 26.3 Å². The molecule has 134 valence electrons. The number of alkyl halides is 6.